The summed E-state index contributed by atoms with van der Waals surface area (Å²) in [6.07, 6.45) is 0. The third kappa shape index (κ3) is 2.39. The smallest absolute Gasteiger partial charge is 0.0600 e. The van der Waals surface area contributed by atoms with Gasteiger partial charge in [0.15, 0.2) is 0 Å². The third-order valence-corrected chi connectivity index (χ3v) is 4.33. The van der Waals surface area contributed by atoms with Crippen molar-refractivity contribution < 1.29 is 0 Å². The summed E-state index contributed by atoms with van der Waals surface area (Å²) in [5.74, 6) is 0. The van der Waals surface area contributed by atoms with E-state index in [0.29, 0.717) is 0 Å². The Bertz CT molecular complexity index is 481. The predicted octanol–water partition coefficient (Wildman–Crippen LogP) is 3.73. The van der Waals surface area contributed by atoms with E-state index in [1.54, 1.807) is 11.3 Å². The van der Waals surface area contributed by atoms with Crippen LogP contribution in [-0.4, -0.2) is 7.05 Å². The molecular formula is C12H13BrN2S. The van der Waals surface area contributed by atoms with Gasteiger partial charge in [0.25, 0.3) is 0 Å². The first-order valence-corrected chi connectivity index (χ1v) is 6.63. The Labute approximate surface area is 108 Å². The molecule has 0 aliphatic rings. The molecule has 1 heterocycles. The van der Waals surface area contributed by atoms with Crippen LogP contribution in [0, 0.1) is 0 Å². The maximum Gasteiger partial charge on any atom is 0.0600 e. The van der Waals surface area contributed by atoms with Gasteiger partial charge in [-0.2, -0.15) is 0 Å². The minimum atomic E-state index is 0.817. The number of thiophene rings is 1. The standard InChI is InChI=1S/C12H13BrN2S/c1-15(8-12-9(13)6-7-16-12)11-5-3-2-4-10(11)14/h2-7H,8,14H2,1H3. The zero-order valence-electron chi connectivity index (χ0n) is 8.98. The highest BCUT2D eigenvalue weighted by atomic mass is 79.9. The molecule has 2 N–H and O–H groups in total. The highest BCUT2D eigenvalue weighted by molar-refractivity contribution is 9.10. The molecule has 2 aromatic rings. The molecule has 16 heavy (non-hydrogen) atoms. The number of nitrogens with zero attached hydrogens (tertiary/aromatic N) is 1. The Hall–Kier alpha value is -1.00. The van der Waals surface area contributed by atoms with E-state index >= 15 is 0 Å². The van der Waals surface area contributed by atoms with Crippen LogP contribution in [0.5, 0.6) is 0 Å². The summed E-state index contributed by atoms with van der Waals surface area (Å²) in [5, 5.41) is 2.08. The molecule has 1 aromatic carbocycles. The Kier molecular flexibility index (Phi) is 3.51. The van der Waals surface area contributed by atoms with Gasteiger partial charge in [-0.25, -0.2) is 0 Å². The number of benzene rings is 1. The molecular weight excluding hydrogens is 284 g/mol. The molecule has 0 saturated carbocycles. The van der Waals surface area contributed by atoms with Crippen LogP contribution in [-0.2, 0) is 6.54 Å². The summed E-state index contributed by atoms with van der Waals surface area (Å²) >= 11 is 5.29. The number of halogens is 1. The van der Waals surface area contributed by atoms with Gasteiger partial charge in [-0.15, -0.1) is 11.3 Å². The largest absolute Gasteiger partial charge is 0.397 e. The molecule has 0 atom stereocenters. The second-order valence-electron chi connectivity index (χ2n) is 3.61. The maximum atomic E-state index is 5.94. The van der Waals surface area contributed by atoms with Crippen molar-refractivity contribution in [3.05, 3.63) is 45.1 Å². The molecule has 1 aromatic heterocycles. The molecule has 0 aliphatic carbocycles. The van der Waals surface area contributed by atoms with Crippen LogP contribution in [0.2, 0.25) is 0 Å². The molecule has 0 spiro atoms. The highest BCUT2D eigenvalue weighted by Crippen LogP contribution is 2.28. The second-order valence-corrected chi connectivity index (χ2v) is 5.46. The Morgan fingerprint density at radius 2 is 2.06 bits per heavy atom. The molecule has 0 fully saturated rings. The third-order valence-electron chi connectivity index (χ3n) is 2.42. The lowest BCUT2D eigenvalue weighted by molar-refractivity contribution is 0.938. The first kappa shape index (κ1) is 11.5. The van der Waals surface area contributed by atoms with Gasteiger partial charge in [0.05, 0.1) is 17.9 Å². The minimum Gasteiger partial charge on any atom is -0.397 e. The van der Waals surface area contributed by atoms with E-state index < -0.39 is 0 Å². The summed E-state index contributed by atoms with van der Waals surface area (Å²) in [7, 11) is 2.05. The van der Waals surface area contributed by atoms with Crippen molar-refractivity contribution in [1.82, 2.24) is 0 Å². The summed E-state index contributed by atoms with van der Waals surface area (Å²) in [5.41, 5.74) is 7.83. The fourth-order valence-electron chi connectivity index (χ4n) is 1.57. The summed E-state index contributed by atoms with van der Waals surface area (Å²) in [4.78, 5) is 3.47. The zero-order valence-corrected chi connectivity index (χ0v) is 11.4. The van der Waals surface area contributed by atoms with Gasteiger partial charge in [0, 0.05) is 16.4 Å². The van der Waals surface area contributed by atoms with E-state index in [-0.39, 0.29) is 0 Å². The average Bonchev–Trinajstić information content (AvgIpc) is 2.65. The SMILES string of the molecule is CN(Cc1sccc1Br)c1ccccc1N. The van der Waals surface area contributed by atoms with E-state index in [4.69, 9.17) is 5.73 Å². The van der Waals surface area contributed by atoms with Gasteiger partial charge in [0.1, 0.15) is 0 Å². The van der Waals surface area contributed by atoms with Crippen molar-refractivity contribution in [2.24, 2.45) is 0 Å². The number of hydrogen-bond acceptors (Lipinski definition) is 3. The van der Waals surface area contributed by atoms with Crippen molar-refractivity contribution in [3.8, 4) is 0 Å². The van der Waals surface area contributed by atoms with Crippen LogP contribution in [0.4, 0.5) is 11.4 Å². The quantitative estimate of drug-likeness (QED) is 0.875. The van der Waals surface area contributed by atoms with Gasteiger partial charge in [0.2, 0.25) is 0 Å². The lowest BCUT2D eigenvalue weighted by Gasteiger charge is -2.20. The monoisotopic (exact) mass is 296 g/mol. The molecule has 0 saturated heterocycles. The molecule has 0 radical (unpaired) electrons. The first-order valence-electron chi connectivity index (χ1n) is 4.96. The van der Waals surface area contributed by atoms with Gasteiger partial charge in [-0.1, -0.05) is 12.1 Å². The van der Waals surface area contributed by atoms with Gasteiger partial charge in [-0.3, -0.25) is 0 Å². The van der Waals surface area contributed by atoms with Crippen LogP contribution >= 0.6 is 27.3 Å². The molecule has 0 aliphatic heterocycles. The summed E-state index contributed by atoms with van der Waals surface area (Å²) in [6, 6.07) is 9.99. The van der Waals surface area contributed by atoms with Gasteiger partial charge in [-0.05, 0) is 39.5 Å². The van der Waals surface area contributed by atoms with Gasteiger partial charge < -0.3 is 10.6 Å². The normalized spacial score (nSPS) is 10.4. The average molecular weight is 297 g/mol. The van der Waals surface area contributed by atoms with E-state index in [1.807, 2.05) is 24.3 Å². The molecule has 84 valence electrons. The number of anilines is 2. The fourth-order valence-corrected chi connectivity index (χ4v) is 3.10. The Morgan fingerprint density at radius 3 is 2.69 bits per heavy atom. The highest BCUT2D eigenvalue weighted by Gasteiger charge is 2.08. The molecule has 2 nitrogen and oxygen atoms in total. The van der Waals surface area contributed by atoms with Crippen molar-refractivity contribution in [2.75, 3.05) is 17.7 Å². The van der Waals surface area contributed by atoms with Crippen molar-refractivity contribution in [3.63, 3.8) is 0 Å². The molecule has 2 rings (SSSR count). The fraction of sp³-hybridized carbons (Fsp3) is 0.167. The zero-order chi connectivity index (χ0) is 11.5. The first-order chi connectivity index (χ1) is 7.68. The number of hydrogen-bond donors (Lipinski definition) is 1. The van der Waals surface area contributed by atoms with Crippen LogP contribution in [0.1, 0.15) is 4.88 Å². The van der Waals surface area contributed by atoms with E-state index in [9.17, 15) is 0 Å². The Balaban J connectivity index is 2.18. The van der Waals surface area contributed by atoms with E-state index in [2.05, 4.69) is 39.3 Å². The van der Waals surface area contributed by atoms with Crippen molar-refractivity contribution >= 4 is 38.6 Å². The summed E-state index contributed by atoms with van der Waals surface area (Å²) in [6.45, 7) is 0.868. The molecule has 4 heteroatoms. The van der Waals surface area contributed by atoms with Crippen molar-refractivity contribution in [1.29, 1.82) is 0 Å². The topological polar surface area (TPSA) is 29.3 Å². The van der Waals surface area contributed by atoms with E-state index in [0.717, 1.165) is 17.9 Å². The van der Waals surface area contributed by atoms with E-state index in [1.165, 1.54) is 9.35 Å². The molecule has 0 amide bonds. The molecule has 0 unspecified atom stereocenters. The minimum absolute atomic E-state index is 0.817. The Morgan fingerprint density at radius 1 is 1.31 bits per heavy atom. The van der Waals surface area contributed by atoms with Crippen molar-refractivity contribution in [2.45, 2.75) is 6.54 Å². The number of nitrogens with two attached hydrogens (primary N) is 1. The number of para-hydroxylation sites is 2. The van der Waals surface area contributed by atoms with Crippen LogP contribution in [0.15, 0.2) is 40.2 Å². The van der Waals surface area contributed by atoms with Crippen LogP contribution in [0.3, 0.4) is 0 Å². The lowest BCUT2D eigenvalue weighted by atomic mass is 10.2. The lowest BCUT2D eigenvalue weighted by Crippen LogP contribution is -2.17. The maximum absolute atomic E-state index is 5.94. The van der Waals surface area contributed by atoms with Crippen LogP contribution < -0.4 is 10.6 Å². The molecule has 0 bridgehead atoms. The summed E-state index contributed by atoms with van der Waals surface area (Å²) < 4.78 is 1.17. The second kappa shape index (κ2) is 4.89. The predicted molar refractivity (Wildman–Crippen MR) is 75.0 cm³/mol. The van der Waals surface area contributed by atoms with Gasteiger partial charge >= 0.3 is 0 Å². The number of nitrogen functional groups attached to an aromatic ring is 1. The number of rotatable bonds is 3. The van der Waals surface area contributed by atoms with Crippen LogP contribution in [0.25, 0.3) is 0 Å².